The molecule has 5 nitrogen and oxygen atoms in total. The molecule has 0 aliphatic carbocycles. The van der Waals surface area contributed by atoms with Crippen LogP contribution in [-0.4, -0.2) is 25.2 Å². The van der Waals surface area contributed by atoms with Gasteiger partial charge in [0.2, 0.25) is 5.91 Å². The number of primary amides is 1. The van der Waals surface area contributed by atoms with Crippen LogP contribution in [0.5, 0.6) is 11.5 Å². The number of carbonyl (C=O) groups is 1. The predicted octanol–water partition coefficient (Wildman–Crippen LogP) is 0.982. The van der Waals surface area contributed by atoms with Crippen molar-refractivity contribution in [3.63, 3.8) is 0 Å². The molecule has 1 aromatic rings. The molecule has 3 N–H and O–H groups in total. The van der Waals surface area contributed by atoms with Crippen LogP contribution < -0.4 is 20.5 Å². The fourth-order valence-corrected chi connectivity index (χ4v) is 2.17. The van der Waals surface area contributed by atoms with Crippen molar-refractivity contribution in [2.24, 2.45) is 5.73 Å². The summed E-state index contributed by atoms with van der Waals surface area (Å²) >= 11 is 0. The van der Waals surface area contributed by atoms with Crippen molar-refractivity contribution in [3.05, 3.63) is 23.3 Å². The third kappa shape index (κ3) is 2.98. The zero-order valence-electron chi connectivity index (χ0n) is 11.5. The average Bonchev–Trinajstić information content (AvgIpc) is 2.73. The Hall–Kier alpha value is -1.75. The minimum Gasteiger partial charge on any atom is -0.496 e. The van der Waals surface area contributed by atoms with Crippen LogP contribution in [0.4, 0.5) is 0 Å². The van der Waals surface area contributed by atoms with Crippen molar-refractivity contribution in [2.45, 2.75) is 39.0 Å². The van der Waals surface area contributed by atoms with Gasteiger partial charge in [0.05, 0.1) is 13.2 Å². The molecule has 1 aliphatic rings. The van der Waals surface area contributed by atoms with E-state index >= 15 is 0 Å². The van der Waals surface area contributed by atoms with E-state index in [2.05, 4.69) is 5.32 Å². The number of hydrogen-bond donors (Lipinski definition) is 2. The quantitative estimate of drug-likeness (QED) is 0.831. The van der Waals surface area contributed by atoms with Crippen molar-refractivity contribution in [1.82, 2.24) is 5.32 Å². The topological polar surface area (TPSA) is 73.6 Å². The molecular formula is C14H20N2O3. The number of carbonyl (C=O) groups excluding carboxylic acids is 1. The van der Waals surface area contributed by atoms with E-state index in [1.54, 1.807) is 14.0 Å². The van der Waals surface area contributed by atoms with Crippen molar-refractivity contribution in [2.75, 3.05) is 7.11 Å². The average molecular weight is 264 g/mol. The molecular weight excluding hydrogens is 244 g/mol. The molecule has 0 aromatic heterocycles. The second-order valence-corrected chi connectivity index (χ2v) is 4.91. The van der Waals surface area contributed by atoms with Gasteiger partial charge in [-0.3, -0.25) is 4.79 Å². The lowest BCUT2D eigenvalue weighted by Crippen LogP contribution is -2.38. The molecule has 2 rings (SSSR count). The Kier molecular flexibility index (Phi) is 3.95. The summed E-state index contributed by atoms with van der Waals surface area (Å²) in [6.45, 7) is 4.29. The normalized spacial score (nSPS) is 18.6. The Morgan fingerprint density at radius 1 is 1.63 bits per heavy atom. The standard InChI is InChI=1S/C14H20N2O3/c1-8-4-10-5-12(18-3)11(6-13(10)19-8)7-16-9(2)14(15)17/h5-6,8-9,16H,4,7H2,1-3H3,(H2,15,17). The summed E-state index contributed by atoms with van der Waals surface area (Å²) in [5, 5.41) is 3.07. The minimum absolute atomic E-state index is 0.201. The SMILES string of the molecule is COc1cc2c(cc1CNC(C)C(N)=O)OC(C)C2. The first-order valence-electron chi connectivity index (χ1n) is 6.40. The lowest BCUT2D eigenvalue weighted by molar-refractivity contribution is -0.119. The van der Waals surface area contributed by atoms with E-state index in [4.69, 9.17) is 15.2 Å². The maximum absolute atomic E-state index is 11.0. The smallest absolute Gasteiger partial charge is 0.234 e. The van der Waals surface area contributed by atoms with Crippen LogP contribution in [0.1, 0.15) is 25.0 Å². The zero-order valence-corrected chi connectivity index (χ0v) is 11.5. The van der Waals surface area contributed by atoms with Crippen LogP contribution in [-0.2, 0) is 17.8 Å². The number of nitrogens with two attached hydrogens (primary N) is 1. The van der Waals surface area contributed by atoms with Gasteiger partial charge in [0.25, 0.3) is 0 Å². The number of fused-ring (bicyclic) bond motifs is 1. The van der Waals surface area contributed by atoms with Crippen LogP contribution in [0.3, 0.4) is 0 Å². The van der Waals surface area contributed by atoms with Gasteiger partial charge in [-0.2, -0.15) is 0 Å². The lowest BCUT2D eigenvalue weighted by Gasteiger charge is -2.14. The van der Waals surface area contributed by atoms with Crippen LogP contribution in [0.2, 0.25) is 0 Å². The van der Waals surface area contributed by atoms with Crippen molar-refractivity contribution in [1.29, 1.82) is 0 Å². The van der Waals surface area contributed by atoms with Crippen molar-refractivity contribution < 1.29 is 14.3 Å². The third-order valence-electron chi connectivity index (χ3n) is 3.32. The molecule has 0 saturated carbocycles. The minimum atomic E-state index is -0.377. The summed E-state index contributed by atoms with van der Waals surface area (Å²) in [6.07, 6.45) is 1.10. The van der Waals surface area contributed by atoms with Gasteiger partial charge in [-0.1, -0.05) is 0 Å². The maximum atomic E-state index is 11.0. The fraction of sp³-hybridized carbons (Fsp3) is 0.500. The molecule has 1 aliphatic heterocycles. The number of rotatable bonds is 5. The number of methoxy groups -OCH3 is 1. The molecule has 104 valence electrons. The summed E-state index contributed by atoms with van der Waals surface area (Å²) in [5.41, 5.74) is 7.35. The first kappa shape index (κ1) is 13.7. The highest BCUT2D eigenvalue weighted by molar-refractivity contribution is 5.79. The van der Waals surface area contributed by atoms with Crippen LogP contribution in [0, 0.1) is 0 Å². The molecule has 2 unspecified atom stereocenters. The highest BCUT2D eigenvalue weighted by Crippen LogP contribution is 2.34. The number of ether oxygens (including phenoxy) is 2. The van der Waals surface area contributed by atoms with E-state index in [-0.39, 0.29) is 18.1 Å². The molecule has 1 aromatic carbocycles. The number of amides is 1. The number of hydrogen-bond acceptors (Lipinski definition) is 4. The Morgan fingerprint density at radius 2 is 2.37 bits per heavy atom. The summed E-state index contributed by atoms with van der Waals surface area (Å²) in [4.78, 5) is 11.0. The van der Waals surface area contributed by atoms with Gasteiger partial charge in [0.1, 0.15) is 17.6 Å². The van der Waals surface area contributed by atoms with Gasteiger partial charge >= 0.3 is 0 Å². The Bertz CT molecular complexity index is 488. The van der Waals surface area contributed by atoms with E-state index < -0.39 is 0 Å². The summed E-state index contributed by atoms with van der Waals surface area (Å²) < 4.78 is 11.1. The van der Waals surface area contributed by atoms with Gasteiger partial charge in [-0.05, 0) is 26.0 Å². The highest BCUT2D eigenvalue weighted by atomic mass is 16.5. The monoisotopic (exact) mass is 264 g/mol. The largest absolute Gasteiger partial charge is 0.496 e. The second kappa shape index (κ2) is 5.48. The molecule has 19 heavy (non-hydrogen) atoms. The molecule has 0 fully saturated rings. The van der Waals surface area contributed by atoms with Gasteiger partial charge in [-0.15, -0.1) is 0 Å². The van der Waals surface area contributed by atoms with Gasteiger partial charge in [0.15, 0.2) is 0 Å². The first-order valence-corrected chi connectivity index (χ1v) is 6.40. The van der Waals surface area contributed by atoms with E-state index in [1.165, 1.54) is 0 Å². The molecule has 0 spiro atoms. The van der Waals surface area contributed by atoms with Gasteiger partial charge < -0.3 is 20.5 Å². The lowest BCUT2D eigenvalue weighted by atomic mass is 10.1. The molecule has 2 atom stereocenters. The van der Waals surface area contributed by atoms with Crippen molar-refractivity contribution in [3.8, 4) is 11.5 Å². The van der Waals surface area contributed by atoms with Crippen LogP contribution >= 0.6 is 0 Å². The molecule has 1 heterocycles. The van der Waals surface area contributed by atoms with Crippen LogP contribution in [0.25, 0.3) is 0 Å². The summed E-state index contributed by atoms with van der Waals surface area (Å²) in [6, 6.07) is 3.60. The second-order valence-electron chi connectivity index (χ2n) is 4.91. The Labute approximate surface area is 113 Å². The first-order chi connectivity index (χ1) is 9.01. The van der Waals surface area contributed by atoms with Crippen molar-refractivity contribution >= 4 is 5.91 Å². The molecule has 0 radical (unpaired) electrons. The van der Waals surface area contributed by atoms with Gasteiger partial charge in [0, 0.05) is 24.1 Å². The predicted molar refractivity (Wildman–Crippen MR) is 72.3 cm³/mol. The fourth-order valence-electron chi connectivity index (χ4n) is 2.17. The molecule has 5 heteroatoms. The third-order valence-corrected chi connectivity index (χ3v) is 3.32. The van der Waals surface area contributed by atoms with E-state index in [0.29, 0.717) is 6.54 Å². The Morgan fingerprint density at radius 3 is 3.00 bits per heavy atom. The number of nitrogens with one attached hydrogen (secondary N) is 1. The van der Waals surface area contributed by atoms with Crippen LogP contribution in [0.15, 0.2) is 12.1 Å². The molecule has 0 saturated heterocycles. The molecule has 1 amide bonds. The highest BCUT2D eigenvalue weighted by Gasteiger charge is 2.21. The van der Waals surface area contributed by atoms with E-state index in [0.717, 1.165) is 29.0 Å². The Balaban J connectivity index is 2.16. The van der Waals surface area contributed by atoms with Gasteiger partial charge in [-0.25, -0.2) is 0 Å². The zero-order chi connectivity index (χ0) is 14.0. The van der Waals surface area contributed by atoms with E-state index in [9.17, 15) is 4.79 Å². The maximum Gasteiger partial charge on any atom is 0.234 e. The summed E-state index contributed by atoms with van der Waals surface area (Å²) in [7, 11) is 1.64. The number of benzene rings is 1. The molecule has 0 bridgehead atoms. The summed E-state index contributed by atoms with van der Waals surface area (Å²) in [5.74, 6) is 1.34. The van der Waals surface area contributed by atoms with E-state index in [1.807, 2.05) is 19.1 Å².